The average Bonchev–Trinajstić information content (AvgIpc) is 2.46. The number of anilines is 1. The highest BCUT2D eigenvalue weighted by Crippen LogP contribution is 2.20. The lowest BCUT2D eigenvalue weighted by atomic mass is 10.1. The van der Waals surface area contributed by atoms with Crippen LogP contribution in [0.1, 0.15) is 23.2 Å². The molecular weight excluding hydrogens is 232 g/mol. The van der Waals surface area contributed by atoms with E-state index < -0.39 is 0 Å². The standard InChI is InChI=1S/C13H18N2O3/c1-15(11-4-7-18-8-5-11)12-9-10(3-6-14-12)13(16)17-2/h3,6,9,11H,4-5,7-8H2,1-2H3. The highest BCUT2D eigenvalue weighted by molar-refractivity contribution is 5.90. The Morgan fingerprint density at radius 1 is 1.50 bits per heavy atom. The lowest BCUT2D eigenvalue weighted by molar-refractivity contribution is 0.0600. The molecule has 0 N–H and O–H groups in total. The molecule has 0 radical (unpaired) electrons. The third-order valence-electron chi connectivity index (χ3n) is 3.27. The van der Waals surface area contributed by atoms with Gasteiger partial charge < -0.3 is 14.4 Å². The summed E-state index contributed by atoms with van der Waals surface area (Å²) >= 11 is 0. The normalized spacial score (nSPS) is 16.3. The van der Waals surface area contributed by atoms with Gasteiger partial charge >= 0.3 is 5.97 Å². The first kappa shape index (κ1) is 12.8. The van der Waals surface area contributed by atoms with Crippen molar-refractivity contribution in [2.45, 2.75) is 18.9 Å². The first-order chi connectivity index (χ1) is 8.72. The molecule has 98 valence electrons. The number of carbonyl (C=O) groups excluding carboxylic acids is 1. The molecule has 18 heavy (non-hydrogen) atoms. The number of rotatable bonds is 3. The molecule has 0 bridgehead atoms. The predicted molar refractivity (Wildman–Crippen MR) is 67.8 cm³/mol. The van der Waals surface area contributed by atoms with Gasteiger partial charge in [0.2, 0.25) is 0 Å². The lowest BCUT2D eigenvalue weighted by Crippen LogP contribution is -2.37. The lowest BCUT2D eigenvalue weighted by Gasteiger charge is -2.32. The van der Waals surface area contributed by atoms with Gasteiger partial charge in [0.1, 0.15) is 5.82 Å². The van der Waals surface area contributed by atoms with Crippen LogP contribution in [-0.2, 0) is 9.47 Å². The number of methoxy groups -OCH3 is 1. The zero-order valence-corrected chi connectivity index (χ0v) is 10.8. The van der Waals surface area contributed by atoms with Crippen LogP contribution in [0, 0.1) is 0 Å². The van der Waals surface area contributed by atoms with E-state index in [2.05, 4.69) is 9.88 Å². The summed E-state index contributed by atoms with van der Waals surface area (Å²) in [6.45, 7) is 1.57. The van der Waals surface area contributed by atoms with Crippen molar-refractivity contribution in [2.75, 3.05) is 32.3 Å². The van der Waals surface area contributed by atoms with Gasteiger partial charge in [-0.3, -0.25) is 0 Å². The summed E-state index contributed by atoms with van der Waals surface area (Å²) in [4.78, 5) is 17.9. The molecule has 0 aromatic carbocycles. The summed E-state index contributed by atoms with van der Waals surface area (Å²) in [5.74, 6) is 0.462. The second-order valence-corrected chi connectivity index (χ2v) is 4.35. The summed E-state index contributed by atoms with van der Waals surface area (Å²) in [5, 5.41) is 0. The monoisotopic (exact) mass is 250 g/mol. The largest absolute Gasteiger partial charge is 0.465 e. The van der Waals surface area contributed by atoms with Gasteiger partial charge in [0.15, 0.2) is 0 Å². The van der Waals surface area contributed by atoms with Crippen molar-refractivity contribution in [3.8, 4) is 0 Å². The van der Waals surface area contributed by atoms with E-state index in [1.807, 2.05) is 7.05 Å². The molecule has 0 unspecified atom stereocenters. The third-order valence-corrected chi connectivity index (χ3v) is 3.27. The highest BCUT2D eigenvalue weighted by Gasteiger charge is 2.20. The molecule has 5 nitrogen and oxygen atoms in total. The number of esters is 1. The Kier molecular flexibility index (Phi) is 4.15. The van der Waals surface area contributed by atoms with Gasteiger partial charge in [-0.25, -0.2) is 9.78 Å². The molecule has 0 saturated carbocycles. The molecule has 2 heterocycles. The van der Waals surface area contributed by atoms with Crippen LogP contribution >= 0.6 is 0 Å². The number of hydrogen-bond donors (Lipinski definition) is 0. The van der Waals surface area contributed by atoms with E-state index in [-0.39, 0.29) is 5.97 Å². The number of hydrogen-bond acceptors (Lipinski definition) is 5. The Morgan fingerprint density at radius 2 is 2.22 bits per heavy atom. The van der Waals surface area contributed by atoms with E-state index in [0.717, 1.165) is 31.9 Å². The molecule has 1 aromatic rings. The number of aromatic nitrogens is 1. The minimum absolute atomic E-state index is 0.334. The molecule has 1 fully saturated rings. The van der Waals surface area contributed by atoms with E-state index >= 15 is 0 Å². The summed E-state index contributed by atoms with van der Waals surface area (Å²) in [6, 6.07) is 3.84. The molecule has 0 amide bonds. The summed E-state index contributed by atoms with van der Waals surface area (Å²) in [5.41, 5.74) is 0.529. The smallest absolute Gasteiger partial charge is 0.338 e. The van der Waals surface area contributed by atoms with Crippen LogP contribution < -0.4 is 4.90 Å². The van der Waals surface area contributed by atoms with Crippen LogP contribution in [-0.4, -0.2) is 44.4 Å². The Morgan fingerprint density at radius 3 is 2.89 bits per heavy atom. The second-order valence-electron chi connectivity index (χ2n) is 4.35. The Bertz CT molecular complexity index is 416. The van der Waals surface area contributed by atoms with Crippen molar-refractivity contribution in [3.05, 3.63) is 23.9 Å². The van der Waals surface area contributed by atoms with E-state index in [0.29, 0.717) is 11.6 Å². The molecule has 1 saturated heterocycles. The fourth-order valence-corrected chi connectivity index (χ4v) is 2.12. The first-order valence-electron chi connectivity index (χ1n) is 6.07. The van der Waals surface area contributed by atoms with Crippen LogP contribution in [0.5, 0.6) is 0 Å². The molecule has 5 heteroatoms. The van der Waals surface area contributed by atoms with Gasteiger partial charge in [0, 0.05) is 32.5 Å². The first-order valence-corrected chi connectivity index (χ1v) is 6.07. The molecule has 0 atom stereocenters. The average molecular weight is 250 g/mol. The van der Waals surface area contributed by atoms with Crippen LogP contribution in [0.3, 0.4) is 0 Å². The Labute approximate surface area is 107 Å². The molecule has 0 spiro atoms. The van der Waals surface area contributed by atoms with Gasteiger partial charge in [-0.15, -0.1) is 0 Å². The van der Waals surface area contributed by atoms with Crippen LogP contribution in [0.25, 0.3) is 0 Å². The molecular formula is C13H18N2O3. The van der Waals surface area contributed by atoms with Crippen molar-refractivity contribution >= 4 is 11.8 Å². The van der Waals surface area contributed by atoms with Crippen LogP contribution in [0.2, 0.25) is 0 Å². The van der Waals surface area contributed by atoms with Gasteiger partial charge in [0.25, 0.3) is 0 Å². The number of carbonyl (C=O) groups is 1. The minimum atomic E-state index is -0.334. The van der Waals surface area contributed by atoms with E-state index in [1.165, 1.54) is 7.11 Å². The fourth-order valence-electron chi connectivity index (χ4n) is 2.12. The second kappa shape index (κ2) is 5.82. The summed E-state index contributed by atoms with van der Waals surface area (Å²) < 4.78 is 10.1. The van der Waals surface area contributed by atoms with Gasteiger partial charge in [0.05, 0.1) is 12.7 Å². The van der Waals surface area contributed by atoms with Gasteiger partial charge in [-0.2, -0.15) is 0 Å². The Balaban J connectivity index is 2.14. The molecule has 1 aliphatic heterocycles. The molecule has 0 aliphatic carbocycles. The van der Waals surface area contributed by atoms with E-state index in [4.69, 9.17) is 9.47 Å². The highest BCUT2D eigenvalue weighted by atomic mass is 16.5. The van der Waals surface area contributed by atoms with Crippen molar-refractivity contribution < 1.29 is 14.3 Å². The van der Waals surface area contributed by atoms with E-state index in [1.54, 1.807) is 18.3 Å². The number of pyridine rings is 1. The molecule has 1 aromatic heterocycles. The maximum Gasteiger partial charge on any atom is 0.338 e. The zero-order valence-electron chi connectivity index (χ0n) is 10.8. The van der Waals surface area contributed by atoms with Crippen LogP contribution in [0.15, 0.2) is 18.3 Å². The maximum absolute atomic E-state index is 11.5. The maximum atomic E-state index is 11.5. The third kappa shape index (κ3) is 2.79. The van der Waals surface area contributed by atoms with Crippen molar-refractivity contribution in [1.29, 1.82) is 0 Å². The van der Waals surface area contributed by atoms with Crippen molar-refractivity contribution in [1.82, 2.24) is 4.98 Å². The van der Waals surface area contributed by atoms with E-state index in [9.17, 15) is 4.79 Å². The summed E-state index contributed by atoms with van der Waals surface area (Å²) in [6.07, 6.45) is 3.61. The number of nitrogens with zero attached hydrogens (tertiary/aromatic N) is 2. The van der Waals surface area contributed by atoms with Gasteiger partial charge in [-0.1, -0.05) is 0 Å². The zero-order chi connectivity index (χ0) is 13.0. The van der Waals surface area contributed by atoms with Crippen molar-refractivity contribution in [3.63, 3.8) is 0 Å². The minimum Gasteiger partial charge on any atom is -0.465 e. The van der Waals surface area contributed by atoms with Crippen molar-refractivity contribution in [2.24, 2.45) is 0 Å². The Hall–Kier alpha value is -1.62. The van der Waals surface area contributed by atoms with Crippen LogP contribution in [0.4, 0.5) is 5.82 Å². The number of ether oxygens (including phenoxy) is 2. The molecule has 1 aliphatic rings. The predicted octanol–water partition coefficient (Wildman–Crippen LogP) is 1.48. The SMILES string of the molecule is COC(=O)c1ccnc(N(C)C2CCOCC2)c1. The molecule has 2 rings (SSSR count). The summed E-state index contributed by atoms with van der Waals surface area (Å²) in [7, 11) is 3.38. The topological polar surface area (TPSA) is 51.7 Å². The fraction of sp³-hybridized carbons (Fsp3) is 0.538. The quantitative estimate of drug-likeness (QED) is 0.761. The van der Waals surface area contributed by atoms with Gasteiger partial charge in [-0.05, 0) is 25.0 Å².